The van der Waals surface area contributed by atoms with E-state index in [1.807, 2.05) is 13.8 Å². The fourth-order valence-electron chi connectivity index (χ4n) is 3.96. The molecule has 2 heterocycles. The summed E-state index contributed by atoms with van der Waals surface area (Å²) in [5.74, 6) is -4.20. The van der Waals surface area contributed by atoms with E-state index in [0.717, 1.165) is 35.4 Å². The number of carboxylic acids is 4. The highest BCUT2D eigenvalue weighted by atomic mass is 16.4. The number of aliphatic carboxylic acids is 2. The van der Waals surface area contributed by atoms with Crippen LogP contribution in [0.1, 0.15) is 68.5 Å². The zero-order valence-electron chi connectivity index (χ0n) is 19.1. The van der Waals surface area contributed by atoms with E-state index in [1.165, 1.54) is 0 Å². The van der Waals surface area contributed by atoms with Gasteiger partial charge in [0.2, 0.25) is 0 Å². The van der Waals surface area contributed by atoms with E-state index in [2.05, 4.69) is 0 Å². The molecule has 0 amide bonds. The van der Waals surface area contributed by atoms with Gasteiger partial charge in [-0.25, -0.2) is 9.59 Å². The van der Waals surface area contributed by atoms with Gasteiger partial charge in [0.1, 0.15) is 0 Å². The number of aromatic carboxylic acids is 2. The topological polar surface area (TPSA) is 159 Å². The second-order valence-electron chi connectivity index (χ2n) is 7.35. The number of hydrogen-bond acceptors (Lipinski definition) is 4. The lowest BCUT2D eigenvalue weighted by Gasteiger charge is -2.05. The Bertz CT molecular complexity index is 980. The maximum atomic E-state index is 10.9. The minimum Gasteiger partial charge on any atom is -0.481 e. The fourth-order valence-corrected chi connectivity index (χ4v) is 3.96. The molecule has 0 saturated heterocycles. The van der Waals surface area contributed by atoms with Crippen molar-refractivity contribution in [3.63, 3.8) is 0 Å². The molecule has 0 bridgehead atoms. The second kappa shape index (κ2) is 10.7. The normalized spacial score (nSPS) is 10.4. The van der Waals surface area contributed by atoms with Crippen LogP contribution in [0.5, 0.6) is 0 Å². The molecule has 0 unspecified atom stereocenters. The van der Waals surface area contributed by atoms with Crippen molar-refractivity contribution in [1.29, 1.82) is 0 Å². The average Bonchev–Trinajstić information content (AvgIpc) is 3.07. The number of carbonyl (C=O) groups is 4. The van der Waals surface area contributed by atoms with Gasteiger partial charge in [-0.2, -0.15) is 0 Å². The van der Waals surface area contributed by atoms with Gasteiger partial charge in [-0.15, -0.1) is 0 Å². The largest absolute Gasteiger partial charge is 0.481 e. The van der Waals surface area contributed by atoms with E-state index in [9.17, 15) is 19.2 Å². The summed E-state index contributed by atoms with van der Waals surface area (Å²) in [6.07, 6.45) is 1.32. The Morgan fingerprint density at radius 1 is 0.656 bits per heavy atom. The highest BCUT2D eigenvalue weighted by molar-refractivity contribution is 6.03. The Kier molecular flexibility index (Phi) is 8.81. The van der Waals surface area contributed by atoms with Crippen molar-refractivity contribution >= 4 is 23.9 Å². The molecule has 2 rings (SSSR count). The number of rotatable bonds is 8. The molecular formula is C22H30N2O8. The van der Waals surface area contributed by atoms with Gasteiger partial charge >= 0.3 is 23.9 Å². The highest BCUT2D eigenvalue weighted by Crippen LogP contribution is 2.25. The average molecular weight is 450 g/mol. The lowest BCUT2D eigenvalue weighted by atomic mass is 10.0. The van der Waals surface area contributed by atoms with Crippen molar-refractivity contribution in [3.05, 3.63) is 45.0 Å². The van der Waals surface area contributed by atoms with Gasteiger partial charge in [-0.3, -0.25) is 9.59 Å². The molecule has 176 valence electrons. The quantitative estimate of drug-likeness (QED) is 0.477. The second-order valence-corrected chi connectivity index (χ2v) is 7.35. The van der Waals surface area contributed by atoms with Gasteiger partial charge in [0.15, 0.2) is 0 Å². The van der Waals surface area contributed by atoms with Gasteiger partial charge in [-0.1, -0.05) is 13.8 Å². The third kappa shape index (κ3) is 5.37. The van der Waals surface area contributed by atoms with Crippen LogP contribution in [0.2, 0.25) is 0 Å². The summed E-state index contributed by atoms with van der Waals surface area (Å²) in [6, 6.07) is 0. The first kappa shape index (κ1) is 26.5. The molecule has 0 spiro atoms. The number of nitrogens with zero attached hydrogens (tertiary/aromatic N) is 2. The van der Waals surface area contributed by atoms with Gasteiger partial charge in [0.05, 0.1) is 24.0 Å². The standard InChI is InChI=1S/C13H19NO4.C9H11NO4/c1-4-8-9(5-2)11(7-13(17)18)14(3)10(8)6-12(15)16;1-4-6(8(11)12)7(9(13)14)5(2)10(4)3/h4-7H2,1-3H3,(H,15,16)(H,17,18);1-3H3,(H,11,12)(H,13,14). The molecule has 2 aromatic rings. The smallest absolute Gasteiger partial charge is 0.338 e. The first-order valence-electron chi connectivity index (χ1n) is 10.0. The molecule has 4 N–H and O–H groups in total. The molecule has 0 aliphatic carbocycles. The molecule has 0 aromatic carbocycles. The number of hydrogen-bond donors (Lipinski definition) is 4. The Morgan fingerprint density at radius 2 is 0.969 bits per heavy atom. The summed E-state index contributed by atoms with van der Waals surface area (Å²) in [4.78, 5) is 43.5. The summed E-state index contributed by atoms with van der Waals surface area (Å²) < 4.78 is 3.30. The molecular weight excluding hydrogens is 420 g/mol. The minimum absolute atomic E-state index is 0.0632. The minimum atomic E-state index is -1.20. The number of aromatic nitrogens is 2. The summed E-state index contributed by atoms with van der Waals surface area (Å²) in [5.41, 5.74) is 4.06. The molecule has 0 atom stereocenters. The summed E-state index contributed by atoms with van der Waals surface area (Å²) in [7, 11) is 3.39. The monoisotopic (exact) mass is 450 g/mol. The van der Waals surface area contributed by atoms with Gasteiger partial charge < -0.3 is 29.6 Å². The SMILES string of the molecule is CCc1c(CC)c(CC(=O)O)n(C)c1CC(=O)O.Cc1c(C(=O)O)c(C(=O)O)c(C)n1C. The summed E-state index contributed by atoms with van der Waals surface area (Å²) >= 11 is 0. The Labute approximate surface area is 185 Å². The van der Waals surface area contributed by atoms with Crippen LogP contribution < -0.4 is 0 Å². The van der Waals surface area contributed by atoms with Crippen molar-refractivity contribution in [2.24, 2.45) is 14.1 Å². The van der Waals surface area contributed by atoms with Crippen LogP contribution in [-0.4, -0.2) is 53.4 Å². The van der Waals surface area contributed by atoms with Crippen LogP contribution in [0.25, 0.3) is 0 Å². The van der Waals surface area contributed by atoms with E-state index < -0.39 is 23.9 Å². The predicted octanol–water partition coefficient (Wildman–Crippen LogP) is 2.44. The molecule has 32 heavy (non-hydrogen) atoms. The molecule has 0 fully saturated rings. The maximum Gasteiger partial charge on any atom is 0.338 e. The van der Waals surface area contributed by atoms with Crippen molar-refractivity contribution < 1.29 is 39.6 Å². The van der Waals surface area contributed by atoms with Crippen LogP contribution in [0.4, 0.5) is 0 Å². The van der Waals surface area contributed by atoms with Crippen molar-refractivity contribution in [3.8, 4) is 0 Å². The van der Waals surface area contributed by atoms with Crippen LogP contribution in [0.15, 0.2) is 0 Å². The Balaban J connectivity index is 0.000000330. The van der Waals surface area contributed by atoms with Crippen LogP contribution >= 0.6 is 0 Å². The Hall–Kier alpha value is -3.56. The van der Waals surface area contributed by atoms with E-state index in [-0.39, 0.29) is 24.0 Å². The number of carboxylic acid groups (broad SMARTS) is 4. The lowest BCUT2D eigenvalue weighted by Crippen LogP contribution is -2.11. The molecule has 2 aromatic heterocycles. The highest BCUT2D eigenvalue weighted by Gasteiger charge is 2.25. The van der Waals surface area contributed by atoms with E-state index in [1.54, 1.807) is 37.1 Å². The predicted molar refractivity (Wildman–Crippen MR) is 116 cm³/mol. The van der Waals surface area contributed by atoms with Crippen molar-refractivity contribution in [2.75, 3.05) is 0 Å². The molecule has 0 saturated carbocycles. The van der Waals surface area contributed by atoms with E-state index >= 15 is 0 Å². The van der Waals surface area contributed by atoms with Crippen molar-refractivity contribution in [2.45, 2.75) is 53.4 Å². The zero-order valence-corrected chi connectivity index (χ0v) is 19.1. The van der Waals surface area contributed by atoms with Gasteiger partial charge in [-0.05, 0) is 37.8 Å². The molecule has 0 aliphatic rings. The summed E-state index contributed by atoms with van der Waals surface area (Å²) in [6.45, 7) is 7.10. The first-order chi connectivity index (χ1) is 14.8. The van der Waals surface area contributed by atoms with E-state index in [0.29, 0.717) is 11.4 Å². The molecule has 10 nitrogen and oxygen atoms in total. The maximum absolute atomic E-state index is 10.9. The lowest BCUT2D eigenvalue weighted by molar-refractivity contribution is -0.137. The fraction of sp³-hybridized carbons (Fsp3) is 0.455. The zero-order chi connectivity index (χ0) is 24.9. The van der Waals surface area contributed by atoms with Crippen LogP contribution in [-0.2, 0) is 49.4 Å². The van der Waals surface area contributed by atoms with Gasteiger partial charge in [0, 0.05) is 36.9 Å². The first-order valence-corrected chi connectivity index (χ1v) is 10.0. The molecule has 0 radical (unpaired) electrons. The molecule has 0 aliphatic heterocycles. The van der Waals surface area contributed by atoms with Crippen LogP contribution in [0, 0.1) is 13.8 Å². The van der Waals surface area contributed by atoms with Crippen LogP contribution in [0.3, 0.4) is 0 Å². The Morgan fingerprint density at radius 3 is 1.19 bits per heavy atom. The summed E-state index contributed by atoms with van der Waals surface area (Å²) in [5, 5.41) is 35.6. The third-order valence-corrected chi connectivity index (χ3v) is 5.62. The molecule has 10 heteroatoms. The third-order valence-electron chi connectivity index (χ3n) is 5.62. The van der Waals surface area contributed by atoms with Gasteiger partial charge in [0.25, 0.3) is 0 Å². The van der Waals surface area contributed by atoms with E-state index in [4.69, 9.17) is 20.4 Å². The van der Waals surface area contributed by atoms with Crippen molar-refractivity contribution in [1.82, 2.24) is 9.13 Å².